The van der Waals surface area contributed by atoms with Gasteiger partial charge in [-0.1, -0.05) is 20.7 Å². The first-order valence-electron chi connectivity index (χ1n) is 7.99. The van der Waals surface area contributed by atoms with Crippen molar-refractivity contribution >= 4 is 29.8 Å². The van der Waals surface area contributed by atoms with Crippen molar-refractivity contribution in [1.82, 2.24) is 14.9 Å². The van der Waals surface area contributed by atoms with E-state index in [2.05, 4.69) is 38.9 Å². The summed E-state index contributed by atoms with van der Waals surface area (Å²) in [7, 11) is 0.499. The summed E-state index contributed by atoms with van der Waals surface area (Å²) in [6.07, 6.45) is 2.11. The van der Waals surface area contributed by atoms with Crippen LogP contribution in [-0.4, -0.2) is 26.8 Å². The van der Waals surface area contributed by atoms with E-state index in [1.54, 1.807) is 19.1 Å². The molecule has 2 heterocycles. The lowest BCUT2D eigenvalue weighted by molar-refractivity contribution is 0.160. The summed E-state index contributed by atoms with van der Waals surface area (Å²) in [5, 5.41) is 17.7. The van der Waals surface area contributed by atoms with Gasteiger partial charge in [-0.05, 0) is 53.6 Å². The maximum absolute atomic E-state index is 11.5. The van der Waals surface area contributed by atoms with Crippen molar-refractivity contribution in [3.05, 3.63) is 67.7 Å². The maximum Gasteiger partial charge on any atom is 0.267 e. The first kappa shape index (κ1) is 18.7. The molecule has 6 nitrogen and oxygen atoms in total. The summed E-state index contributed by atoms with van der Waals surface area (Å²) in [5.74, 6) is 1.08. The van der Waals surface area contributed by atoms with E-state index in [1.165, 1.54) is 6.20 Å². The molecular formula is C18H19BrN3O3P. The Labute approximate surface area is 161 Å². The van der Waals surface area contributed by atoms with Crippen LogP contribution < -0.4 is 15.6 Å². The average molecular weight is 436 g/mol. The molecule has 0 aliphatic heterocycles. The summed E-state index contributed by atoms with van der Waals surface area (Å²) >= 11 is 3.33. The van der Waals surface area contributed by atoms with Crippen LogP contribution >= 0.6 is 24.5 Å². The van der Waals surface area contributed by atoms with Gasteiger partial charge >= 0.3 is 0 Å². The number of hydrogen-bond donors (Lipinski definition) is 2. The summed E-state index contributed by atoms with van der Waals surface area (Å²) in [6.45, 7) is 5.83. The van der Waals surface area contributed by atoms with Gasteiger partial charge in [-0.3, -0.25) is 4.79 Å². The smallest absolute Gasteiger partial charge is 0.267 e. The lowest BCUT2D eigenvalue weighted by Crippen LogP contribution is -2.15. The van der Waals surface area contributed by atoms with Gasteiger partial charge in [0.2, 0.25) is 5.88 Å². The van der Waals surface area contributed by atoms with Crippen LogP contribution in [0.2, 0.25) is 0 Å². The number of benzene rings is 1. The molecule has 0 aliphatic rings. The molecule has 3 rings (SSSR count). The Morgan fingerprint density at radius 1 is 1.31 bits per heavy atom. The van der Waals surface area contributed by atoms with Gasteiger partial charge in [-0.2, -0.15) is 9.83 Å². The van der Waals surface area contributed by atoms with Crippen LogP contribution in [0.5, 0.6) is 11.6 Å². The topological polar surface area (TPSA) is 80.1 Å². The predicted octanol–water partition coefficient (Wildman–Crippen LogP) is 3.50. The van der Waals surface area contributed by atoms with Crippen LogP contribution in [0.25, 0.3) is 0 Å². The number of halogens is 1. The van der Waals surface area contributed by atoms with E-state index >= 15 is 0 Å². The van der Waals surface area contributed by atoms with Crippen LogP contribution in [0.1, 0.15) is 22.4 Å². The largest absolute Gasteiger partial charge is 0.437 e. The van der Waals surface area contributed by atoms with Gasteiger partial charge in [0, 0.05) is 27.8 Å². The van der Waals surface area contributed by atoms with E-state index in [0.29, 0.717) is 26.4 Å². The monoisotopic (exact) mass is 435 g/mol. The minimum absolute atomic E-state index is 0.173. The Morgan fingerprint density at radius 2 is 2.08 bits per heavy atom. The highest BCUT2D eigenvalue weighted by molar-refractivity contribution is 9.10. The van der Waals surface area contributed by atoms with Crippen LogP contribution in [0.15, 0.2) is 39.7 Å². The normalized spacial score (nSPS) is 11.4. The molecule has 0 spiro atoms. The van der Waals surface area contributed by atoms with E-state index in [9.17, 15) is 10.0 Å². The minimum Gasteiger partial charge on any atom is -0.437 e. The number of hydrogen-bond acceptors (Lipinski definition) is 4. The lowest BCUT2D eigenvalue weighted by Gasteiger charge is -2.16. The lowest BCUT2D eigenvalue weighted by atomic mass is 10.1. The van der Waals surface area contributed by atoms with Gasteiger partial charge in [-0.15, -0.1) is 0 Å². The first-order valence-corrected chi connectivity index (χ1v) is 10.3. The second-order valence-electron chi connectivity index (χ2n) is 5.99. The minimum atomic E-state index is -0.173. The van der Waals surface area contributed by atoms with Gasteiger partial charge in [0.05, 0.1) is 11.9 Å². The van der Waals surface area contributed by atoms with E-state index in [0.717, 1.165) is 37.1 Å². The van der Waals surface area contributed by atoms with Gasteiger partial charge < -0.3 is 9.94 Å². The molecule has 0 saturated heterocycles. The highest BCUT2D eigenvalue weighted by atomic mass is 79.9. The third-order valence-electron chi connectivity index (χ3n) is 4.04. The zero-order valence-electron chi connectivity index (χ0n) is 14.6. The number of rotatable bonds is 5. The molecule has 2 N–H and O–H groups in total. The molecule has 0 aliphatic carbocycles. The molecule has 1 aromatic carbocycles. The van der Waals surface area contributed by atoms with Crippen molar-refractivity contribution in [2.75, 3.05) is 6.66 Å². The third kappa shape index (κ3) is 3.84. The number of ether oxygens (including phenoxy) is 1. The second-order valence-corrected chi connectivity index (χ2v) is 7.90. The fraction of sp³-hybridized carbons (Fsp3) is 0.222. The highest BCUT2D eigenvalue weighted by Crippen LogP contribution is 2.31. The standard InChI is InChI=1S/C18H19BrN3O3P/c1-10-4-5-12(7-14-6-11(2)18(23)21-20-14)17(26-3)16(10)25-15-8-13(19)9-22(15)24/h4-6,8-9,24,26H,7H2,1-3H3,(H,21,23). The molecule has 26 heavy (non-hydrogen) atoms. The molecular weight excluding hydrogens is 417 g/mol. The third-order valence-corrected chi connectivity index (χ3v) is 5.53. The Morgan fingerprint density at radius 3 is 2.69 bits per heavy atom. The molecule has 3 aromatic rings. The zero-order chi connectivity index (χ0) is 18.8. The van der Waals surface area contributed by atoms with Gasteiger partial charge in [-0.25, -0.2) is 5.10 Å². The Hall–Kier alpha value is -2.11. The van der Waals surface area contributed by atoms with Crippen molar-refractivity contribution < 1.29 is 9.94 Å². The highest BCUT2D eigenvalue weighted by Gasteiger charge is 2.16. The van der Waals surface area contributed by atoms with Gasteiger partial charge in [0.15, 0.2) is 0 Å². The summed E-state index contributed by atoms with van der Waals surface area (Å²) in [6, 6.07) is 7.57. The number of H-pyrrole nitrogens is 1. The van der Waals surface area contributed by atoms with E-state index in [4.69, 9.17) is 4.74 Å². The predicted molar refractivity (Wildman–Crippen MR) is 107 cm³/mol. The van der Waals surface area contributed by atoms with Crippen molar-refractivity contribution in [2.45, 2.75) is 20.3 Å². The summed E-state index contributed by atoms with van der Waals surface area (Å²) in [5.41, 5.74) is 3.33. The van der Waals surface area contributed by atoms with Crippen LogP contribution in [0, 0.1) is 13.8 Å². The number of nitrogens with zero attached hydrogens (tertiary/aromatic N) is 2. The molecule has 2 aromatic heterocycles. The maximum atomic E-state index is 11.5. The van der Waals surface area contributed by atoms with Crippen LogP contribution in [0.3, 0.4) is 0 Å². The molecule has 136 valence electrons. The summed E-state index contributed by atoms with van der Waals surface area (Å²) in [4.78, 5) is 11.5. The zero-order valence-corrected chi connectivity index (χ0v) is 17.2. The van der Waals surface area contributed by atoms with Crippen molar-refractivity contribution in [3.63, 3.8) is 0 Å². The van der Waals surface area contributed by atoms with Crippen molar-refractivity contribution in [3.8, 4) is 11.6 Å². The molecule has 0 bridgehead atoms. The number of aromatic amines is 1. The van der Waals surface area contributed by atoms with Crippen molar-refractivity contribution in [1.29, 1.82) is 0 Å². The molecule has 0 saturated carbocycles. The van der Waals surface area contributed by atoms with Gasteiger partial charge in [0.1, 0.15) is 5.75 Å². The summed E-state index contributed by atoms with van der Waals surface area (Å²) < 4.78 is 7.70. The van der Waals surface area contributed by atoms with E-state index in [-0.39, 0.29) is 5.56 Å². The molecule has 1 atom stereocenters. The average Bonchev–Trinajstić information content (AvgIpc) is 2.91. The molecule has 8 heteroatoms. The van der Waals surface area contributed by atoms with Gasteiger partial charge in [0.25, 0.3) is 5.56 Å². The number of nitrogens with one attached hydrogen (secondary N) is 1. The molecule has 0 fully saturated rings. The Kier molecular flexibility index (Phi) is 5.49. The van der Waals surface area contributed by atoms with Crippen LogP contribution in [0.4, 0.5) is 0 Å². The van der Waals surface area contributed by atoms with Crippen molar-refractivity contribution in [2.24, 2.45) is 0 Å². The number of aromatic nitrogens is 3. The Balaban J connectivity index is 2.00. The SMILES string of the molecule is CPc1c(Cc2cc(C)c(=O)[nH]n2)ccc(C)c1Oc1cc(Br)cn1O. The van der Waals surface area contributed by atoms with Crippen LogP contribution in [-0.2, 0) is 6.42 Å². The quantitative estimate of drug-likeness (QED) is 0.474. The van der Waals surface area contributed by atoms with E-state index in [1.807, 2.05) is 13.0 Å². The fourth-order valence-electron chi connectivity index (χ4n) is 2.71. The van der Waals surface area contributed by atoms with E-state index < -0.39 is 0 Å². The Bertz CT molecular complexity index is 1010. The fourth-order valence-corrected chi connectivity index (χ4v) is 4.07. The molecule has 0 radical (unpaired) electrons. The molecule has 0 amide bonds. The number of aryl methyl sites for hydroxylation is 2. The molecule has 1 unspecified atom stereocenters. The second kappa shape index (κ2) is 7.64. The first-order chi connectivity index (χ1) is 12.4.